The molecule has 2 N–H and O–H groups in total. The first-order valence-corrected chi connectivity index (χ1v) is 9.87. The number of piperidine rings is 1. The second-order valence-electron chi connectivity index (χ2n) is 7.03. The first-order chi connectivity index (χ1) is 13.0. The van der Waals surface area contributed by atoms with Crippen LogP contribution in [-0.2, 0) is 13.6 Å². The Morgan fingerprint density at radius 2 is 2.15 bits per heavy atom. The van der Waals surface area contributed by atoms with Crippen molar-refractivity contribution in [3.05, 3.63) is 34.6 Å². The summed E-state index contributed by atoms with van der Waals surface area (Å²) < 4.78 is 1.77. The largest absolute Gasteiger partial charge is 0.345 e. The second kappa shape index (κ2) is 7.15. The van der Waals surface area contributed by atoms with Gasteiger partial charge in [0.25, 0.3) is 11.8 Å². The summed E-state index contributed by atoms with van der Waals surface area (Å²) in [6.45, 7) is 4.16. The van der Waals surface area contributed by atoms with Crippen LogP contribution >= 0.6 is 11.3 Å². The average Bonchev–Trinajstić information content (AvgIpc) is 3.39. The smallest absolute Gasteiger partial charge is 0.269 e. The number of aromatic nitrogens is 4. The van der Waals surface area contributed by atoms with Crippen LogP contribution < -0.4 is 5.32 Å². The number of fused-ring (bicyclic) bond motifs is 1. The lowest BCUT2D eigenvalue weighted by Gasteiger charge is -2.29. The maximum Gasteiger partial charge on any atom is 0.269 e. The van der Waals surface area contributed by atoms with E-state index < -0.39 is 0 Å². The Bertz CT molecular complexity index is 966. The van der Waals surface area contributed by atoms with E-state index >= 15 is 0 Å². The lowest BCUT2D eigenvalue weighted by molar-refractivity contribution is 0.0702. The van der Waals surface area contributed by atoms with Crippen LogP contribution in [0.15, 0.2) is 18.3 Å². The minimum atomic E-state index is -0.236. The van der Waals surface area contributed by atoms with Gasteiger partial charge in [-0.2, -0.15) is 10.2 Å². The van der Waals surface area contributed by atoms with Crippen molar-refractivity contribution in [2.45, 2.75) is 26.3 Å². The highest BCUT2D eigenvalue weighted by molar-refractivity contribution is 7.20. The third-order valence-electron chi connectivity index (χ3n) is 5.03. The highest BCUT2D eigenvalue weighted by Gasteiger charge is 2.24. The number of aromatic amines is 1. The molecule has 27 heavy (non-hydrogen) atoms. The molecule has 4 heterocycles. The number of nitrogens with zero attached hydrogens (tertiary/aromatic N) is 4. The van der Waals surface area contributed by atoms with Crippen LogP contribution in [0.3, 0.4) is 0 Å². The van der Waals surface area contributed by atoms with Crippen LogP contribution in [0.2, 0.25) is 0 Å². The number of carbonyl (C=O) groups excluding carboxylic acids is 2. The van der Waals surface area contributed by atoms with Crippen LogP contribution in [0.5, 0.6) is 0 Å². The number of hydrogen-bond donors (Lipinski definition) is 2. The van der Waals surface area contributed by atoms with E-state index in [0.717, 1.165) is 46.7 Å². The van der Waals surface area contributed by atoms with Crippen molar-refractivity contribution in [1.29, 1.82) is 0 Å². The summed E-state index contributed by atoms with van der Waals surface area (Å²) in [6, 6.07) is 3.52. The number of amides is 2. The molecule has 0 aromatic carbocycles. The maximum absolute atomic E-state index is 12.8. The second-order valence-corrected chi connectivity index (χ2v) is 8.06. The summed E-state index contributed by atoms with van der Waals surface area (Å²) in [6.07, 6.45) is 3.65. The van der Waals surface area contributed by atoms with Crippen molar-refractivity contribution in [2.75, 3.05) is 13.1 Å². The molecule has 0 unspecified atom stereocenters. The lowest BCUT2D eigenvalue weighted by Crippen LogP contribution is -2.37. The molecule has 0 bridgehead atoms. The Hall–Kier alpha value is -2.68. The molecule has 2 amide bonds. The van der Waals surface area contributed by atoms with Gasteiger partial charge in [-0.15, -0.1) is 11.3 Å². The van der Waals surface area contributed by atoms with Crippen molar-refractivity contribution in [3.63, 3.8) is 0 Å². The van der Waals surface area contributed by atoms with E-state index in [1.165, 1.54) is 17.5 Å². The minimum Gasteiger partial charge on any atom is -0.345 e. The Morgan fingerprint density at radius 3 is 2.85 bits per heavy atom. The molecular formula is C18H22N6O2S. The Morgan fingerprint density at radius 1 is 1.37 bits per heavy atom. The molecule has 0 atom stereocenters. The van der Waals surface area contributed by atoms with Gasteiger partial charge in [0.05, 0.1) is 17.1 Å². The van der Waals surface area contributed by atoms with Gasteiger partial charge in [0.15, 0.2) is 0 Å². The van der Waals surface area contributed by atoms with E-state index in [9.17, 15) is 9.59 Å². The van der Waals surface area contributed by atoms with E-state index in [1.54, 1.807) is 10.7 Å². The number of H-pyrrole nitrogens is 1. The summed E-state index contributed by atoms with van der Waals surface area (Å²) in [5.41, 5.74) is 1.16. The summed E-state index contributed by atoms with van der Waals surface area (Å²) in [7, 11) is 1.86. The molecule has 142 valence electrons. The van der Waals surface area contributed by atoms with Gasteiger partial charge in [-0.1, -0.05) is 6.92 Å². The molecule has 8 nitrogen and oxygen atoms in total. The van der Waals surface area contributed by atoms with Gasteiger partial charge in [-0.05, 0) is 30.9 Å². The first kappa shape index (κ1) is 17.7. The molecule has 0 radical (unpaired) electrons. The number of likely N-dealkylation sites (tertiary alicyclic amines) is 1. The standard InChI is InChI=1S/C18H22N6O2S/c1-11-4-7-24(8-5-11)17(26)15-9-12-14(22-23(2)18(12)27-15)10-19-16(25)13-3-6-20-21-13/h3,6,9,11H,4-5,7-8,10H2,1-2H3,(H,19,25)(H,20,21). The summed E-state index contributed by atoms with van der Waals surface area (Å²) in [5, 5.41) is 14.7. The molecule has 9 heteroatoms. The molecule has 0 saturated carbocycles. The van der Waals surface area contributed by atoms with Crippen molar-refractivity contribution in [3.8, 4) is 0 Å². The van der Waals surface area contributed by atoms with Gasteiger partial charge >= 0.3 is 0 Å². The zero-order valence-electron chi connectivity index (χ0n) is 15.4. The number of nitrogens with one attached hydrogen (secondary N) is 2. The molecule has 0 aliphatic carbocycles. The zero-order valence-corrected chi connectivity index (χ0v) is 16.2. The zero-order chi connectivity index (χ0) is 19.0. The van der Waals surface area contributed by atoms with Gasteiger partial charge in [-0.25, -0.2) is 0 Å². The fourth-order valence-electron chi connectivity index (χ4n) is 3.35. The fourth-order valence-corrected chi connectivity index (χ4v) is 4.42. The van der Waals surface area contributed by atoms with Gasteiger partial charge in [0.2, 0.25) is 0 Å². The first-order valence-electron chi connectivity index (χ1n) is 9.05. The Balaban J connectivity index is 1.51. The number of carbonyl (C=O) groups is 2. The molecular weight excluding hydrogens is 364 g/mol. The van der Waals surface area contributed by atoms with Gasteiger partial charge in [0.1, 0.15) is 10.5 Å². The minimum absolute atomic E-state index is 0.0931. The summed E-state index contributed by atoms with van der Waals surface area (Å²) in [4.78, 5) is 28.5. The van der Waals surface area contributed by atoms with Crippen LogP contribution in [0.1, 0.15) is 45.6 Å². The topological polar surface area (TPSA) is 95.9 Å². The third-order valence-corrected chi connectivity index (χ3v) is 6.22. The fraction of sp³-hybridized carbons (Fsp3) is 0.444. The van der Waals surface area contributed by atoms with Crippen LogP contribution in [0.4, 0.5) is 0 Å². The normalized spacial score (nSPS) is 15.4. The highest BCUT2D eigenvalue weighted by atomic mass is 32.1. The molecule has 0 spiro atoms. The molecule has 3 aromatic rings. The quantitative estimate of drug-likeness (QED) is 0.718. The van der Waals surface area contributed by atoms with Crippen LogP contribution in [-0.4, -0.2) is 49.8 Å². The van der Waals surface area contributed by atoms with Crippen LogP contribution in [0.25, 0.3) is 10.2 Å². The molecule has 3 aromatic heterocycles. The molecule has 1 aliphatic rings. The molecule has 1 saturated heterocycles. The van der Waals surface area contributed by atoms with E-state index in [2.05, 4.69) is 27.5 Å². The van der Waals surface area contributed by atoms with E-state index in [4.69, 9.17) is 0 Å². The number of hydrogen-bond acceptors (Lipinski definition) is 5. The van der Waals surface area contributed by atoms with Crippen molar-refractivity contribution in [1.82, 2.24) is 30.2 Å². The average molecular weight is 386 g/mol. The third kappa shape index (κ3) is 3.46. The number of rotatable bonds is 4. The predicted molar refractivity (Wildman–Crippen MR) is 103 cm³/mol. The predicted octanol–water partition coefficient (Wildman–Crippen LogP) is 2.16. The molecule has 1 fully saturated rings. The maximum atomic E-state index is 12.8. The van der Waals surface area contributed by atoms with Crippen molar-refractivity contribution >= 4 is 33.4 Å². The molecule has 1 aliphatic heterocycles. The monoisotopic (exact) mass is 386 g/mol. The van der Waals surface area contributed by atoms with Gasteiger partial charge in [0, 0.05) is 31.7 Å². The van der Waals surface area contributed by atoms with E-state index in [1.807, 2.05) is 18.0 Å². The van der Waals surface area contributed by atoms with Crippen molar-refractivity contribution < 1.29 is 9.59 Å². The highest BCUT2D eigenvalue weighted by Crippen LogP contribution is 2.30. The van der Waals surface area contributed by atoms with Crippen molar-refractivity contribution in [2.24, 2.45) is 13.0 Å². The van der Waals surface area contributed by atoms with E-state index in [0.29, 0.717) is 18.2 Å². The summed E-state index contributed by atoms with van der Waals surface area (Å²) >= 11 is 1.46. The van der Waals surface area contributed by atoms with Crippen LogP contribution in [0, 0.1) is 5.92 Å². The number of aryl methyl sites for hydroxylation is 1. The summed E-state index contributed by atoms with van der Waals surface area (Å²) in [5.74, 6) is 0.543. The SMILES string of the molecule is CC1CCN(C(=O)c2cc3c(CNC(=O)c4ccn[nH]4)nn(C)c3s2)CC1. The van der Waals surface area contributed by atoms with E-state index in [-0.39, 0.29) is 11.8 Å². The lowest BCUT2D eigenvalue weighted by atomic mass is 9.99. The van der Waals surface area contributed by atoms with Gasteiger partial charge < -0.3 is 10.2 Å². The molecule has 4 rings (SSSR count). The Kier molecular flexibility index (Phi) is 4.69. The number of thiophene rings is 1. The van der Waals surface area contributed by atoms with Gasteiger partial charge in [-0.3, -0.25) is 19.4 Å². The Labute approximate surface area is 160 Å².